The molecule has 2 fully saturated rings. The van der Waals surface area contributed by atoms with Gasteiger partial charge in [0.05, 0.1) is 11.8 Å². The summed E-state index contributed by atoms with van der Waals surface area (Å²) in [7, 11) is 2.10. The van der Waals surface area contributed by atoms with Crippen LogP contribution in [-0.4, -0.2) is 57.9 Å². The van der Waals surface area contributed by atoms with Crippen LogP contribution in [0.15, 0.2) is 18.3 Å². The number of nitrogens with zero attached hydrogens (tertiary/aromatic N) is 5. The fourth-order valence-electron chi connectivity index (χ4n) is 4.33. The summed E-state index contributed by atoms with van der Waals surface area (Å²) in [5, 5.41) is 18.5. The number of phenolic OH excluding ortho intramolecular Hbond substituents is 1. The molecule has 6 nitrogen and oxygen atoms in total. The van der Waals surface area contributed by atoms with Crippen molar-refractivity contribution >= 4 is 5.95 Å². The Kier molecular flexibility index (Phi) is 4.65. The number of aromatic hydroxyl groups is 1. The second kappa shape index (κ2) is 6.88. The van der Waals surface area contributed by atoms with Crippen LogP contribution in [-0.2, 0) is 6.18 Å². The minimum Gasteiger partial charge on any atom is -0.507 e. The Bertz CT molecular complexity index is 848. The molecule has 0 aliphatic carbocycles. The predicted molar refractivity (Wildman–Crippen MR) is 98.0 cm³/mol. The molecule has 0 bridgehead atoms. The van der Waals surface area contributed by atoms with Crippen LogP contribution in [0, 0.1) is 12.8 Å². The summed E-state index contributed by atoms with van der Waals surface area (Å²) in [6.07, 6.45) is -0.796. The van der Waals surface area contributed by atoms with E-state index in [9.17, 15) is 18.3 Å². The monoisotopic (exact) mass is 393 g/mol. The van der Waals surface area contributed by atoms with Gasteiger partial charge in [0.1, 0.15) is 11.4 Å². The molecule has 3 heterocycles. The molecule has 2 aliphatic rings. The van der Waals surface area contributed by atoms with Crippen LogP contribution < -0.4 is 4.90 Å². The zero-order valence-corrected chi connectivity index (χ0v) is 15.7. The van der Waals surface area contributed by atoms with Gasteiger partial charge in [-0.05, 0) is 57.0 Å². The first-order valence-corrected chi connectivity index (χ1v) is 9.30. The molecule has 28 heavy (non-hydrogen) atoms. The lowest BCUT2D eigenvalue weighted by Gasteiger charge is -2.36. The zero-order chi connectivity index (χ0) is 20.1. The quantitative estimate of drug-likeness (QED) is 0.846. The second-order valence-electron chi connectivity index (χ2n) is 7.69. The van der Waals surface area contributed by atoms with E-state index < -0.39 is 17.5 Å². The largest absolute Gasteiger partial charge is 0.507 e. The van der Waals surface area contributed by atoms with Crippen LogP contribution in [0.5, 0.6) is 5.75 Å². The van der Waals surface area contributed by atoms with E-state index in [1.807, 2.05) is 0 Å². The Morgan fingerprint density at radius 2 is 1.89 bits per heavy atom. The number of halogens is 3. The van der Waals surface area contributed by atoms with Crippen LogP contribution in [0.3, 0.4) is 0 Å². The molecule has 1 N–H and O–H groups in total. The maximum atomic E-state index is 12.9. The highest BCUT2D eigenvalue weighted by Crippen LogP contribution is 2.38. The van der Waals surface area contributed by atoms with Crippen molar-refractivity contribution in [2.75, 3.05) is 31.6 Å². The van der Waals surface area contributed by atoms with E-state index >= 15 is 0 Å². The lowest BCUT2D eigenvalue weighted by molar-refractivity contribution is -0.137. The molecule has 2 aliphatic heterocycles. The van der Waals surface area contributed by atoms with Crippen LogP contribution in [0.4, 0.5) is 19.1 Å². The van der Waals surface area contributed by atoms with Crippen LogP contribution in [0.2, 0.25) is 0 Å². The summed E-state index contributed by atoms with van der Waals surface area (Å²) < 4.78 is 38.7. The average molecular weight is 393 g/mol. The maximum Gasteiger partial charge on any atom is 0.416 e. The number of anilines is 1. The molecule has 1 aromatic heterocycles. The fourth-order valence-corrected chi connectivity index (χ4v) is 4.33. The van der Waals surface area contributed by atoms with Gasteiger partial charge in [0.2, 0.25) is 5.95 Å². The molecule has 0 radical (unpaired) electrons. The molecule has 0 saturated carbocycles. The van der Waals surface area contributed by atoms with E-state index in [1.54, 1.807) is 0 Å². The standard InChI is InChI=1S/C19H22F3N5O/c1-11-7-13(19(20,21)22)8-16(28)17(11)14-9-23-18(25-24-14)27-6-4-12-3-5-26(2)10-15(12)27/h7-9,12,15,28H,3-6,10H2,1-2H3/t12-,15-/m0/s1. The molecule has 0 amide bonds. The molecule has 2 aromatic rings. The number of likely N-dealkylation sites (N-methyl/N-ethyl adjacent to an activating group) is 1. The fraction of sp³-hybridized carbons (Fsp3) is 0.526. The van der Waals surface area contributed by atoms with Crippen molar-refractivity contribution in [2.45, 2.75) is 32.0 Å². The first-order chi connectivity index (χ1) is 13.2. The summed E-state index contributed by atoms with van der Waals surface area (Å²) in [4.78, 5) is 8.87. The van der Waals surface area contributed by atoms with Crippen LogP contribution in [0.1, 0.15) is 24.0 Å². The highest BCUT2D eigenvalue weighted by atomic mass is 19.4. The van der Waals surface area contributed by atoms with Crippen molar-refractivity contribution in [3.05, 3.63) is 29.5 Å². The topological polar surface area (TPSA) is 65.4 Å². The van der Waals surface area contributed by atoms with Crippen molar-refractivity contribution in [3.8, 4) is 17.0 Å². The van der Waals surface area contributed by atoms with Crippen molar-refractivity contribution < 1.29 is 18.3 Å². The number of aromatic nitrogens is 3. The molecule has 2 saturated heterocycles. The molecule has 0 spiro atoms. The minimum absolute atomic E-state index is 0.219. The van der Waals surface area contributed by atoms with Gasteiger partial charge in [-0.15, -0.1) is 10.2 Å². The third kappa shape index (κ3) is 3.39. The van der Waals surface area contributed by atoms with Gasteiger partial charge < -0.3 is 14.9 Å². The average Bonchev–Trinajstić information content (AvgIpc) is 3.04. The van der Waals surface area contributed by atoms with Gasteiger partial charge in [0.15, 0.2) is 0 Å². The number of benzene rings is 1. The second-order valence-corrected chi connectivity index (χ2v) is 7.69. The van der Waals surface area contributed by atoms with Crippen LogP contribution in [0.25, 0.3) is 11.3 Å². The molecular weight excluding hydrogens is 371 g/mol. The molecule has 150 valence electrons. The van der Waals surface area contributed by atoms with Crippen molar-refractivity contribution in [3.63, 3.8) is 0 Å². The first-order valence-electron chi connectivity index (χ1n) is 9.30. The van der Waals surface area contributed by atoms with Gasteiger partial charge in [0.25, 0.3) is 0 Å². The number of hydrogen-bond acceptors (Lipinski definition) is 6. The zero-order valence-electron chi connectivity index (χ0n) is 15.7. The summed E-state index contributed by atoms with van der Waals surface area (Å²) in [5.74, 6) is 0.669. The Balaban J connectivity index is 1.61. The lowest BCUT2D eigenvalue weighted by atomic mass is 9.92. The third-order valence-corrected chi connectivity index (χ3v) is 5.77. The number of rotatable bonds is 2. The number of fused-ring (bicyclic) bond motifs is 1. The number of hydrogen-bond donors (Lipinski definition) is 1. The number of phenols is 1. The number of aryl methyl sites for hydroxylation is 1. The molecular formula is C19H22F3N5O. The molecule has 4 rings (SSSR count). The van der Waals surface area contributed by atoms with E-state index in [-0.39, 0.29) is 16.8 Å². The first kappa shape index (κ1) is 18.9. The highest BCUT2D eigenvalue weighted by Gasteiger charge is 2.39. The van der Waals surface area contributed by atoms with Gasteiger partial charge in [-0.25, -0.2) is 4.98 Å². The van der Waals surface area contributed by atoms with Gasteiger partial charge in [-0.1, -0.05) is 0 Å². The Hall–Kier alpha value is -2.42. The third-order valence-electron chi connectivity index (χ3n) is 5.77. The van der Waals surface area contributed by atoms with E-state index in [0.29, 0.717) is 24.0 Å². The minimum atomic E-state index is -4.52. The summed E-state index contributed by atoms with van der Waals surface area (Å²) in [6.45, 7) is 4.42. The van der Waals surface area contributed by atoms with E-state index in [4.69, 9.17) is 0 Å². The molecule has 2 atom stereocenters. The maximum absolute atomic E-state index is 12.9. The smallest absolute Gasteiger partial charge is 0.416 e. The van der Waals surface area contributed by atoms with Gasteiger partial charge >= 0.3 is 6.18 Å². The van der Waals surface area contributed by atoms with Gasteiger partial charge in [0, 0.05) is 24.7 Å². The van der Waals surface area contributed by atoms with E-state index in [2.05, 4.69) is 32.0 Å². The SMILES string of the molecule is Cc1cc(C(F)(F)F)cc(O)c1-c1cnc(N2CC[C@@H]3CCN(C)C[C@@H]32)nn1. The van der Waals surface area contributed by atoms with Crippen molar-refractivity contribution in [1.29, 1.82) is 0 Å². The highest BCUT2D eigenvalue weighted by molar-refractivity contribution is 5.70. The number of alkyl halides is 3. The number of piperidine rings is 1. The van der Waals surface area contributed by atoms with E-state index in [0.717, 1.165) is 38.5 Å². The number of likely N-dealkylation sites (tertiary alicyclic amines) is 1. The summed E-state index contributed by atoms with van der Waals surface area (Å²) >= 11 is 0. The summed E-state index contributed by atoms with van der Waals surface area (Å²) in [6, 6.07) is 2.06. The normalized spacial score (nSPS) is 23.1. The summed E-state index contributed by atoms with van der Waals surface area (Å²) in [5.41, 5.74) is -0.153. The van der Waals surface area contributed by atoms with Crippen molar-refractivity contribution in [1.82, 2.24) is 20.1 Å². The molecule has 1 aromatic carbocycles. The Labute approximate surface area is 161 Å². The van der Waals surface area contributed by atoms with Gasteiger partial charge in [-0.2, -0.15) is 13.2 Å². The lowest BCUT2D eigenvalue weighted by Crippen LogP contribution is -2.47. The Morgan fingerprint density at radius 1 is 1.14 bits per heavy atom. The van der Waals surface area contributed by atoms with Crippen molar-refractivity contribution in [2.24, 2.45) is 5.92 Å². The van der Waals surface area contributed by atoms with Gasteiger partial charge in [-0.3, -0.25) is 0 Å². The Morgan fingerprint density at radius 3 is 2.54 bits per heavy atom. The van der Waals surface area contributed by atoms with Crippen LogP contribution >= 0.6 is 0 Å². The molecule has 0 unspecified atom stereocenters. The predicted octanol–water partition coefficient (Wildman–Crippen LogP) is 3.10. The molecule has 9 heteroatoms. The van der Waals surface area contributed by atoms with E-state index in [1.165, 1.54) is 13.1 Å².